The van der Waals surface area contributed by atoms with Gasteiger partial charge in [-0.05, 0) is 36.8 Å². The van der Waals surface area contributed by atoms with Crippen LogP contribution in [0.1, 0.15) is 69.1 Å². The minimum Gasteiger partial charge on any atom is -0.429 e. The molecule has 7 rings (SSSR count). The van der Waals surface area contributed by atoms with Gasteiger partial charge in [0.2, 0.25) is 0 Å². The molecule has 405 valence electrons. The van der Waals surface area contributed by atoms with Gasteiger partial charge in [-0.1, -0.05) is 40.3 Å². The van der Waals surface area contributed by atoms with Crippen LogP contribution in [0.25, 0.3) is 6.08 Å². The van der Waals surface area contributed by atoms with Crippen LogP contribution < -0.4 is 81.9 Å². The average Bonchev–Trinajstić information content (AvgIpc) is 3.32. The molecule has 0 unspecified atom stereocenters. The molecule has 0 fully saturated rings. The Morgan fingerprint density at radius 1 is 0.519 bits per heavy atom. The molecule has 0 amide bonds. The second-order valence-corrected chi connectivity index (χ2v) is 25.8. The van der Waals surface area contributed by atoms with Crippen molar-refractivity contribution in [2.75, 3.05) is 6.16 Å². The Morgan fingerprint density at radius 3 is 1.01 bits per heavy atom. The van der Waals surface area contributed by atoms with Gasteiger partial charge in [0.1, 0.15) is 52.2 Å². The maximum absolute atomic E-state index is 14.0. The summed E-state index contributed by atoms with van der Waals surface area (Å²) >= 11 is 4.35. The standard InChI is InChI=1S/C20H20BrP.C16H9F7O.C14H5F7O2.C4H9O.CH4.B.K/c1-2-22(21,18-12-6-3-7-13-18,19-14-8-4-9-15-19)20-16-10-5-11-17-20;1-2-3-8-4-10(17)14(11(18)5-8)16(22,23)24-9-6-12(19)15(21)13(20)7-9;15-8-1-6(5-22)2-9(16)12(8)14(20,21)23-7-3-10(17)13(19)11(18)4-7;1-4(2,3)5;;;/h3-17H,2H2,1H3;2-7H,1H3;1-5H;1-3H3;1H4;;/q;;;-1;;;+1/b;3-2+;;;;;. The van der Waals surface area contributed by atoms with Gasteiger partial charge in [0, 0.05) is 38.2 Å². The summed E-state index contributed by atoms with van der Waals surface area (Å²) in [6.45, 7) is 8.74. The van der Waals surface area contributed by atoms with E-state index >= 15 is 0 Å². The first-order chi connectivity index (χ1) is 34.5. The minimum absolute atomic E-state index is 0. The molecule has 0 N–H and O–H groups in total. The Hall–Kier alpha value is -4.86. The molecule has 7 aromatic carbocycles. The second-order valence-electron chi connectivity index (χ2n) is 16.6. The van der Waals surface area contributed by atoms with E-state index in [1.54, 1.807) is 27.7 Å². The zero-order chi connectivity index (χ0) is 55.4. The number of alkyl halides is 4. The number of benzene rings is 7. The van der Waals surface area contributed by atoms with E-state index in [9.17, 15) is 71.4 Å². The molecule has 0 heterocycles. The summed E-state index contributed by atoms with van der Waals surface area (Å²) in [4.78, 5) is 10.4. The number of carbonyl (C=O) groups is 1. The van der Waals surface area contributed by atoms with E-state index in [-0.39, 0.29) is 103 Å². The van der Waals surface area contributed by atoms with Gasteiger partial charge in [-0.2, -0.15) is 17.6 Å². The van der Waals surface area contributed by atoms with Crippen molar-refractivity contribution < 1.29 is 132 Å². The Morgan fingerprint density at radius 2 is 0.779 bits per heavy atom. The Labute approximate surface area is 489 Å². The average molecular weight is 1200 g/mol. The first-order valence-corrected chi connectivity index (χ1v) is 26.0. The molecule has 7 aromatic rings. The quantitative estimate of drug-likeness (QED) is 0.0402. The third-order valence-corrected chi connectivity index (χ3v) is 20.6. The molecule has 0 aliphatic rings. The zero-order valence-electron chi connectivity index (χ0n) is 41.0. The Kier molecular flexibility index (Phi) is 26.8. The number of allylic oxidation sites excluding steroid dienone is 1. The molecule has 0 aliphatic carbocycles. The van der Waals surface area contributed by atoms with E-state index < -0.39 is 109 Å². The monoisotopic (exact) mass is 1200 g/mol. The first-order valence-electron chi connectivity index (χ1n) is 21.6. The van der Waals surface area contributed by atoms with Crippen molar-refractivity contribution >= 4 is 57.5 Å². The number of hydrogen-bond acceptors (Lipinski definition) is 4. The molecule has 77 heavy (non-hydrogen) atoms. The molecule has 0 saturated carbocycles. The van der Waals surface area contributed by atoms with Gasteiger partial charge in [0.25, 0.3) is 0 Å². The van der Waals surface area contributed by atoms with Crippen LogP contribution in [-0.2, 0) is 12.2 Å². The number of ether oxygens (including phenoxy) is 2. The van der Waals surface area contributed by atoms with Crippen molar-refractivity contribution in [1.29, 1.82) is 0 Å². The van der Waals surface area contributed by atoms with E-state index in [0.29, 0.717) is 24.3 Å². The predicted octanol–water partition coefficient (Wildman–Crippen LogP) is 12.1. The predicted molar refractivity (Wildman–Crippen MR) is 271 cm³/mol. The van der Waals surface area contributed by atoms with Crippen molar-refractivity contribution in [2.24, 2.45) is 0 Å². The number of carbonyl (C=O) groups excluding carboxylic acids is 1. The van der Waals surface area contributed by atoms with Crippen molar-refractivity contribution in [2.45, 2.75) is 59.9 Å². The molecule has 22 heteroatoms. The Bertz CT molecular complexity index is 2880. The third-order valence-electron chi connectivity index (χ3n) is 10.1. The maximum atomic E-state index is 14.0. The fourth-order valence-electron chi connectivity index (χ4n) is 6.89. The maximum Gasteiger partial charge on any atom is 1.00 e. The molecule has 0 aliphatic heterocycles. The summed E-state index contributed by atoms with van der Waals surface area (Å²) in [5, 5.41) is 11.7. The normalized spacial score (nSPS) is 11.7. The SMILES string of the molecule is C.C/C=C/c1cc(F)c(C(F)(F)Oc2cc(F)c(F)c(F)c2)c(F)c1.CC(C)(C)[O-].CCP(Br)(c1ccccc1)(c1ccccc1)c1ccccc1.O=Cc1cc(F)c(C(F)(F)Oc2cc(F)c(F)c(F)c2)c(F)c1.[B].[K+]. The number of aldehydes is 1. The van der Waals surface area contributed by atoms with E-state index in [0.717, 1.165) is 6.16 Å². The molecule has 0 atom stereocenters. The molecular formula is C55H47BBrF14KO4P. The van der Waals surface area contributed by atoms with Crippen LogP contribution >= 0.6 is 20.8 Å². The molecule has 0 aromatic heterocycles. The molecule has 0 spiro atoms. The van der Waals surface area contributed by atoms with Crippen molar-refractivity contribution in [3.8, 4) is 11.5 Å². The van der Waals surface area contributed by atoms with Gasteiger partial charge in [-0.3, -0.25) is 4.79 Å². The Balaban J connectivity index is 0.000000542. The summed E-state index contributed by atoms with van der Waals surface area (Å²) in [7, 11) is 0. The van der Waals surface area contributed by atoms with Crippen LogP contribution in [0.2, 0.25) is 0 Å². The summed E-state index contributed by atoms with van der Waals surface area (Å²) in [5.41, 5.74) is -4.90. The van der Waals surface area contributed by atoms with Crippen molar-refractivity contribution in [3.05, 3.63) is 226 Å². The number of hydrogen-bond donors (Lipinski definition) is 0. The van der Waals surface area contributed by atoms with Crippen LogP contribution in [0.5, 0.6) is 11.5 Å². The van der Waals surface area contributed by atoms with Crippen molar-refractivity contribution in [3.63, 3.8) is 0 Å². The van der Waals surface area contributed by atoms with Crippen LogP contribution in [0, 0.1) is 58.2 Å². The van der Waals surface area contributed by atoms with Gasteiger partial charge in [-0.15, -0.1) is 5.60 Å². The number of rotatable bonds is 12. The largest absolute Gasteiger partial charge is 1.00 e. The van der Waals surface area contributed by atoms with E-state index in [2.05, 4.69) is 123 Å². The van der Waals surface area contributed by atoms with E-state index in [1.807, 2.05) is 0 Å². The van der Waals surface area contributed by atoms with Crippen LogP contribution in [-0.4, -0.2) is 26.5 Å². The van der Waals surface area contributed by atoms with Gasteiger partial charge in [0.15, 0.2) is 34.9 Å². The van der Waals surface area contributed by atoms with Gasteiger partial charge >= 0.3 is 204 Å². The molecule has 0 bridgehead atoms. The van der Waals surface area contributed by atoms with Gasteiger partial charge in [-0.25, -0.2) is 43.9 Å². The fraction of sp³-hybridized carbons (Fsp3) is 0.182. The summed E-state index contributed by atoms with van der Waals surface area (Å²) in [5.74, 6) is -20.2. The van der Waals surface area contributed by atoms with Gasteiger partial charge in [0.05, 0.1) is 0 Å². The number of halogens is 15. The van der Waals surface area contributed by atoms with E-state index in [4.69, 9.17) is 0 Å². The topological polar surface area (TPSA) is 58.6 Å². The zero-order valence-corrected chi connectivity index (χ0v) is 46.6. The van der Waals surface area contributed by atoms with E-state index in [1.165, 1.54) is 28.1 Å². The van der Waals surface area contributed by atoms with Crippen LogP contribution in [0.4, 0.5) is 61.5 Å². The molecule has 3 radical (unpaired) electrons. The van der Waals surface area contributed by atoms with Crippen molar-refractivity contribution in [1.82, 2.24) is 0 Å². The second kappa shape index (κ2) is 29.4. The summed E-state index contributed by atoms with van der Waals surface area (Å²) in [6, 6.07) is 35.0. The smallest absolute Gasteiger partial charge is 0.429 e. The third kappa shape index (κ3) is 17.8. The summed E-state index contributed by atoms with van der Waals surface area (Å²) < 4.78 is 196. The summed E-state index contributed by atoms with van der Waals surface area (Å²) in [6.07, 6.45) is -5.47. The fourth-order valence-corrected chi connectivity index (χ4v) is 13.4. The van der Waals surface area contributed by atoms with Crippen LogP contribution in [0.15, 0.2) is 146 Å². The molecule has 0 saturated heterocycles. The van der Waals surface area contributed by atoms with Crippen LogP contribution in [0.3, 0.4) is 0 Å². The molecular weight excluding hydrogens is 1150 g/mol. The molecule has 4 nitrogen and oxygen atoms in total. The first kappa shape index (κ1) is 70.2. The minimum atomic E-state index is -4.67. The van der Waals surface area contributed by atoms with Gasteiger partial charge < -0.3 is 14.6 Å².